The van der Waals surface area contributed by atoms with E-state index in [4.69, 9.17) is 4.74 Å². The third kappa shape index (κ3) is 3.51. The minimum Gasteiger partial charge on any atom is -0.388 e. The molecular formula is C13H17BrFNO2. The first-order valence-electron chi connectivity index (χ1n) is 6.03. The highest BCUT2D eigenvalue weighted by Crippen LogP contribution is 2.24. The molecule has 1 aromatic carbocycles. The van der Waals surface area contributed by atoms with Crippen molar-refractivity contribution in [2.24, 2.45) is 0 Å². The Morgan fingerprint density at radius 2 is 2.33 bits per heavy atom. The number of ether oxygens (including phenoxy) is 1. The van der Waals surface area contributed by atoms with Gasteiger partial charge in [-0.15, -0.1) is 0 Å². The smallest absolute Gasteiger partial charge is 0.130 e. The molecule has 0 radical (unpaired) electrons. The monoisotopic (exact) mass is 317 g/mol. The molecule has 1 aliphatic rings. The molecule has 2 rings (SSSR count). The van der Waals surface area contributed by atoms with E-state index in [9.17, 15) is 9.50 Å². The zero-order chi connectivity index (χ0) is 13.1. The van der Waals surface area contributed by atoms with E-state index in [-0.39, 0.29) is 17.9 Å². The first-order valence-corrected chi connectivity index (χ1v) is 6.82. The highest BCUT2D eigenvalue weighted by Gasteiger charge is 2.23. The number of aliphatic hydroxyl groups excluding tert-OH is 1. The Morgan fingerprint density at radius 3 is 3.00 bits per heavy atom. The van der Waals surface area contributed by atoms with E-state index in [1.165, 1.54) is 6.07 Å². The van der Waals surface area contributed by atoms with E-state index in [2.05, 4.69) is 21.2 Å². The van der Waals surface area contributed by atoms with Crippen molar-refractivity contribution in [3.05, 3.63) is 34.1 Å². The average molecular weight is 318 g/mol. The summed E-state index contributed by atoms with van der Waals surface area (Å²) in [5.41, 5.74) is 0.332. The molecule has 0 bridgehead atoms. The van der Waals surface area contributed by atoms with Gasteiger partial charge in [-0.2, -0.15) is 0 Å². The number of aliphatic hydroxyl groups is 1. The maximum absolute atomic E-state index is 13.7. The van der Waals surface area contributed by atoms with Crippen LogP contribution in [0, 0.1) is 5.82 Å². The van der Waals surface area contributed by atoms with Crippen molar-refractivity contribution < 1.29 is 14.2 Å². The predicted molar refractivity (Wildman–Crippen MR) is 70.9 cm³/mol. The van der Waals surface area contributed by atoms with Crippen LogP contribution < -0.4 is 5.32 Å². The molecule has 3 nitrogen and oxygen atoms in total. The zero-order valence-corrected chi connectivity index (χ0v) is 11.8. The summed E-state index contributed by atoms with van der Waals surface area (Å²) in [4.78, 5) is 0. The van der Waals surface area contributed by atoms with Crippen molar-refractivity contribution in [3.63, 3.8) is 0 Å². The van der Waals surface area contributed by atoms with Crippen molar-refractivity contribution in [1.29, 1.82) is 0 Å². The summed E-state index contributed by atoms with van der Waals surface area (Å²) in [6.07, 6.45) is -0.368. The van der Waals surface area contributed by atoms with Gasteiger partial charge < -0.3 is 15.2 Å². The molecule has 1 aromatic rings. The highest BCUT2D eigenvalue weighted by atomic mass is 79.9. The second kappa shape index (κ2) is 6.10. The molecule has 0 amide bonds. The molecule has 1 saturated heterocycles. The van der Waals surface area contributed by atoms with Gasteiger partial charge in [0.2, 0.25) is 0 Å². The number of hydrogen-bond acceptors (Lipinski definition) is 3. The van der Waals surface area contributed by atoms with E-state index in [1.54, 1.807) is 12.1 Å². The highest BCUT2D eigenvalue weighted by molar-refractivity contribution is 9.10. The zero-order valence-electron chi connectivity index (χ0n) is 10.2. The summed E-state index contributed by atoms with van der Waals surface area (Å²) in [6, 6.07) is 5.04. The Balaban J connectivity index is 2.00. The van der Waals surface area contributed by atoms with Gasteiger partial charge in [-0.25, -0.2) is 4.39 Å². The van der Waals surface area contributed by atoms with Crippen molar-refractivity contribution in [3.8, 4) is 0 Å². The van der Waals surface area contributed by atoms with Crippen molar-refractivity contribution in [2.45, 2.75) is 31.5 Å². The molecule has 3 unspecified atom stereocenters. The lowest BCUT2D eigenvalue weighted by atomic mass is 10.0. The predicted octanol–water partition coefficient (Wildman–Crippen LogP) is 2.39. The van der Waals surface area contributed by atoms with Crippen molar-refractivity contribution in [1.82, 2.24) is 5.32 Å². The van der Waals surface area contributed by atoms with E-state index in [1.807, 2.05) is 6.92 Å². The number of morpholine rings is 1. The van der Waals surface area contributed by atoms with Crippen molar-refractivity contribution >= 4 is 15.9 Å². The molecule has 2 N–H and O–H groups in total. The molecule has 1 fully saturated rings. The summed E-state index contributed by atoms with van der Waals surface area (Å²) in [5.74, 6) is -0.387. The molecule has 18 heavy (non-hydrogen) atoms. The first-order chi connectivity index (χ1) is 8.56. The maximum atomic E-state index is 13.7. The molecule has 1 aliphatic heterocycles. The van der Waals surface area contributed by atoms with Crippen LogP contribution in [0.2, 0.25) is 0 Å². The summed E-state index contributed by atoms with van der Waals surface area (Å²) in [5, 5.41) is 13.4. The van der Waals surface area contributed by atoms with Gasteiger partial charge in [-0.1, -0.05) is 22.0 Å². The van der Waals surface area contributed by atoms with Crippen LogP contribution in [0.4, 0.5) is 4.39 Å². The molecule has 0 saturated carbocycles. The topological polar surface area (TPSA) is 41.5 Å². The van der Waals surface area contributed by atoms with Crippen LogP contribution in [0.3, 0.4) is 0 Å². The van der Waals surface area contributed by atoms with Crippen LogP contribution in [0.5, 0.6) is 0 Å². The van der Waals surface area contributed by atoms with Crippen molar-refractivity contribution in [2.75, 3.05) is 13.2 Å². The van der Waals surface area contributed by atoms with Gasteiger partial charge in [0.25, 0.3) is 0 Å². The van der Waals surface area contributed by atoms with Gasteiger partial charge in [0.15, 0.2) is 0 Å². The lowest BCUT2D eigenvalue weighted by Crippen LogP contribution is -2.47. The quantitative estimate of drug-likeness (QED) is 0.899. The second-order valence-corrected chi connectivity index (χ2v) is 5.64. The SMILES string of the molecule is CC1COCC(CC(O)c2ccc(Br)cc2F)N1. The Bertz CT molecular complexity index is 416. The van der Waals surface area contributed by atoms with Crippen LogP contribution in [-0.2, 0) is 4.74 Å². The molecule has 3 atom stereocenters. The standard InChI is InChI=1S/C13H17BrFNO2/c1-8-6-18-7-10(16-8)5-13(17)11-3-2-9(14)4-12(11)15/h2-4,8,10,13,16-17H,5-7H2,1H3. The van der Waals surface area contributed by atoms with Crippen LogP contribution in [-0.4, -0.2) is 30.4 Å². The minimum atomic E-state index is -0.815. The van der Waals surface area contributed by atoms with Gasteiger partial charge in [-0.05, 0) is 25.5 Å². The van der Waals surface area contributed by atoms with Crippen LogP contribution in [0.25, 0.3) is 0 Å². The third-order valence-corrected chi connectivity index (χ3v) is 3.53. The fourth-order valence-corrected chi connectivity index (χ4v) is 2.52. The Morgan fingerprint density at radius 1 is 1.56 bits per heavy atom. The fraction of sp³-hybridized carbons (Fsp3) is 0.538. The Labute approximate surface area is 114 Å². The molecule has 5 heteroatoms. The number of benzene rings is 1. The summed E-state index contributed by atoms with van der Waals surface area (Å²) in [6.45, 7) is 3.26. The summed E-state index contributed by atoms with van der Waals surface area (Å²) in [7, 11) is 0. The van der Waals surface area contributed by atoms with E-state index < -0.39 is 6.10 Å². The maximum Gasteiger partial charge on any atom is 0.130 e. The molecule has 0 aliphatic carbocycles. The first kappa shape index (κ1) is 13.9. The average Bonchev–Trinajstić information content (AvgIpc) is 2.28. The van der Waals surface area contributed by atoms with Gasteiger partial charge in [0.05, 0.1) is 19.3 Å². The van der Waals surface area contributed by atoms with Gasteiger partial charge in [0.1, 0.15) is 5.82 Å². The summed E-state index contributed by atoms with van der Waals surface area (Å²) >= 11 is 3.20. The fourth-order valence-electron chi connectivity index (χ4n) is 2.19. The normalized spacial score (nSPS) is 26.0. The number of nitrogens with one attached hydrogen (secondary N) is 1. The van der Waals surface area contributed by atoms with Gasteiger partial charge >= 0.3 is 0 Å². The van der Waals surface area contributed by atoms with Crippen LogP contribution >= 0.6 is 15.9 Å². The Hall–Kier alpha value is -0.490. The molecule has 1 heterocycles. The molecule has 0 aromatic heterocycles. The second-order valence-electron chi connectivity index (χ2n) is 4.72. The van der Waals surface area contributed by atoms with E-state index in [0.29, 0.717) is 29.7 Å². The van der Waals surface area contributed by atoms with Gasteiger partial charge in [-0.3, -0.25) is 0 Å². The largest absolute Gasteiger partial charge is 0.388 e. The molecule has 100 valence electrons. The lowest BCUT2D eigenvalue weighted by molar-refractivity contribution is 0.0298. The van der Waals surface area contributed by atoms with E-state index >= 15 is 0 Å². The Kier molecular flexibility index (Phi) is 4.72. The third-order valence-electron chi connectivity index (χ3n) is 3.04. The molecular weight excluding hydrogens is 301 g/mol. The van der Waals surface area contributed by atoms with E-state index in [0.717, 1.165) is 0 Å². The number of rotatable bonds is 3. The van der Waals surface area contributed by atoms with Crippen LogP contribution in [0.15, 0.2) is 22.7 Å². The van der Waals surface area contributed by atoms with Crippen LogP contribution in [0.1, 0.15) is 25.0 Å². The number of halogens is 2. The summed E-state index contributed by atoms with van der Waals surface area (Å²) < 4.78 is 19.8. The molecule has 0 spiro atoms. The minimum absolute atomic E-state index is 0.0618. The number of hydrogen-bond donors (Lipinski definition) is 2. The van der Waals surface area contributed by atoms with Gasteiger partial charge in [0, 0.05) is 22.1 Å². The lowest BCUT2D eigenvalue weighted by Gasteiger charge is -2.30.